The van der Waals surface area contributed by atoms with Crippen LogP contribution in [0.2, 0.25) is 0 Å². The zero-order chi connectivity index (χ0) is 11.4. The highest BCUT2D eigenvalue weighted by Crippen LogP contribution is 2.26. The van der Waals surface area contributed by atoms with Crippen molar-refractivity contribution in [3.63, 3.8) is 0 Å². The summed E-state index contributed by atoms with van der Waals surface area (Å²) in [6.07, 6.45) is -0.0307. The van der Waals surface area contributed by atoms with Crippen LogP contribution in [0.15, 0.2) is 24.3 Å². The average Bonchev–Trinajstić information content (AvgIpc) is 2.30. The van der Waals surface area contributed by atoms with E-state index in [9.17, 15) is 4.79 Å². The van der Waals surface area contributed by atoms with Gasteiger partial charge in [0.25, 0.3) is 0 Å². The number of primary amides is 1. The van der Waals surface area contributed by atoms with E-state index in [-0.39, 0.29) is 6.10 Å². The Morgan fingerprint density at radius 1 is 1.50 bits per heavy atom. The molecule has 2 rings (SSSR count). The van der Waals surface area contributed by atoms with Gasteiger partial charge in [-0.15, -0.1) is 0 Å². The molecule has 1 saturated heterocycles. The second kappa shape index (κ2) is 4.96. The minimum Gasteiger partial charge on any atom is -0.371 e. The largest absolute Gasteiger partial charge is 0.371 e. The average molecular weight is 221 g/mol. The quantitative estimate of drug-likeness (QED) is 0.692. The molecule has 1 aromatic carbocycles. The number of hydrogen-bond acceptors (Lipinski definition) is 3. The van der Waals surface area contributed by atoms with E-state index in [2.05, 4.69) is 10.6 Å². The van der Waals surface area contributed by atoms with Crippen molar-refractivity contribution in [3.05, 3.63) is 29.8 Å². The van der Waals surface area contributed by atoms with Crippen molar-refractivity contribution in [1.82, 2.24) is 5.32 Å². The zero-order valence-corrected chi connectivity index (χ0v) is 8.90. The lowest BCUT2D eigenvalue weighted by Gasteiger charge is -2.25. The highest BCUT2D eigenvalue weighted by molar-refractivity contribution is 5.88. The number of nitrogens with two attached hydrogens (primary N) is 1. The first-order chi connectivity index (χ1) is 7.77. The summed E-state index contributed by atoms with van der Waals surface area (Å²) in [4.78, 5) is 10.9. The highest BCUT2D eigenvalue weighted by Gasteiger charge is 2.18. The predicted octanol–water partition coefficient (Wildman–Crippen LogP) is 0.838. The van der Waals surface area contributed by atoms with Gasteiger partial charge >= 0.3 is 6.03 Å². The monoisotopic (exact) mass is 221 g/mol. The Balaban J connectivity index is 2.20. The van der Waals surface area contributed by atoms with E-state index in [1.165, 1.54) is 0 Å². The molecule has 86 valence electrons. The molecule has 5 heteroatoms. The lowest BCUT2D eigenvalue weighted by atomic mass is 10.1. The van der Waals surface area contributed by atoms with Crippen LogP contribution in [-0.2, 0) is 4.74 Å². The van der Waals surface area contributed by atoms with Crippen LogP contribution >= 0.6 is 0 Å². The SMILES string of the molecule is NC(=O)Nc1ccccc1C1CNCCO1. The summed E-state index contributed by atoms with van der Waals surface area (Å²) in [5.41, 5.74) is 6.78. The van der Waals surface area contributed by atoms with Crippen LogP contribution < -0.4 is 16.4 Å². The molecule has 1 unspecified atom stereocenters. The fraction of sp³-hybridized carbons (Fsp3) is 0.364. The normalized spacial score (nSPS) is 20.4. The molecule has 1 heterocycles. The van der Waals surface area contributed by atoms with Crippen molar-refractivity contribution in [2.75, 3.05) is 25.0 Å². The van der Waals surface area contributed by atoms with Gasteiger partial charge in [0.05, 0.1) is 12.7 Å². The van der Waals surface area contributed by atoms with Crippen LogP contribution in [-0.4, -0.2) is 25.7 Å². The molecule has 16 heavy (non-hydrogen) atoms. The van der Waals surface area contributed by atoms with Gasteiger partial charge < -0.3 is 21.1 Å². The minimum atomic E-state index is -0.559. The molecular formula is C11H15N3O2. The van der Waals surface area contributed by atoms with Crippen LogP contribution in [0.1, 0.15) is 11.7 Å². The second-order valence-electron chi connectivity index (χ2n) is 3.64. The third kappa shape index (κ3) is 2.50. The van der Waals surface area contributed by atoms with Gasteiger partial charge in [-0.2, -0.15) is 0 Å². The van der Waals surface area contributed by atoms with Crippen LogP contribution in [0.3, 0.4) is 0 Å². The number of morpholine rings is 1. The molecule has 1 aliphatic rings. The lowest BCUT2D eigenvalue weighted by molar-refractivity contribution is 0.0281. The van der Waals surface area contributed by atoms with Crippen molar-refractivity contribution < 1.29 is 9.53 Å². The molecule has 4 N–H and O–H groups in total. The van der Waals surface area contributed by atoms with E-state index < -0.39 is 6.03 Å². The number of carbonyl (C=O) groups is 1. The third-order valence-corrected chi connectivity index (χ3v) is 2.49. The number of benzene rings is 1. The number of anilines is 1. The van der Waals surface area contributed by atoms with Gasteiger partial charge in [-0.1, -0.05) is 18.2 Å². The Hall–Kier alpha value is -1.59. The summed E-state index contributed by atoms with van der Waals surface area (Å²) in [7, 11) is 0. The number of para-hydroxylation sites is 1. The number of amides is 2. The number of ether oxygens (including phenoxy) is 1. The van der Waals surface area contributed by atoms with Crippen LogP contribution in [0.4, 0.5) is 10.5 Å². The summed E-state index contributed by atoms with van der Waals surface area (Å²) in [6.45, 7) is 2.29. The lowest BCUT2D eigenvalue weighted by Crippen LogP contribution is -2.34. The van der Waals surface area contributed by atoms with Crippen molar-refractivity contribution >= 4 is 11.7 Å². The summed E-state index contributed by atoms with van der Waals surface area (Å²) in [6, 6.07) is 6.96. The van der Waals surface area contributed by atoms with Crippen LogP contribution in [0, 0.1) is 0 Å². The Morgan fingerprint density at radius 3 is 3.00 bits per heavy atom. The molecule has 1 atom stereocenters. The van der Waals surface area contributed by atoms with Crippen LogP contribution in [0.25, 0.3) is 0 Å². The molecule has 2 amide bonds. The summed E-state index contributed by atoms with van der Waals surface area (Å²) < 4.78 is 5.63. The number of carbonyl (C=O) groups excluding carboxylic acids is 1. The standard InChI is InChI=1S/C11H15N3O2/c12-11(15)14-9-4-2-1-3-8(9)10-7-13-5-6-16-10/h1-4,10,13H,5-7H2,(H3,12,14,15). The molecule has 1 aromatic rings. The molecule has 1 aliphatic heterocycles. The molecule has 0 radical (unpaired) electrons. The van der Waals surface area contributed by atoms with Crippen LogP contribution in [0.5, 0.6) is 0 Å². The molecule has 0 bridgehead atoms. The topological polar surface area (TPSA) is 76.4 Å². The fourth-order valence-electron chi connectivity index (χ4n) is 1.79. The van der Waals surface area contributed by atoms with Gasteiger partial charge in [0.15, 0.2) is 0 Å². The minimum absolute atomic E-state index is 0.0307. The Morgan fingerprint density at radius 2 is 2.31 bits per heavy atom. The molecule has 1 fully saturated rings. The third-order valence-electron chi connectivity index (χ3n) is 2.49. The Kier molecular flexibility index (Phi) is 3.38. The summed E-state index contributed by atoms with van der Waals surface area (Å²) in [5, 5.41) is 5.85. The van der Waals surface area contributed by atoms with E-state index in [0.717, 1.165) is 18.7 Å². The van der Waals surface area contributed by atoms with E-state index >= 15 is 0 Å². The molecule has 0 aliphatic carbocycles. The molecule has 0 saturated carbocycles. The number of nitrogens with one attached hydrogen (secondary N) is 2. The number of urea groups is 1. The predicted molar refractivity (Wildman–Crippen MR) is 61.2 cm³/mol. The summed E-state index contributed by atoms with van der Waals surface area (Å²) in [5.74, 6) is 0. The fourth-order valence-corrected chi connectivity index (χ4v) is 1.79. The van der Waals surface area contributed by atoms with Gasteiger partial charge in [0.2, 0.25) is 0 Å². The van der Waals surface area contributed by atoms with E-state index in [1.807, 2.05) is 24.3 Å². The zero-order valence-electron chi connectivity index (χ0n) is 8.90. The first-order valence-corrected chi connectivity index (χ1v) is 5.25. The van der Waals surface area contributed by atoms with E-state index in [4.69, 9.17) is 10.5 Å². The number of rotatable bonds is 2. The number of hydrogen-bond donors (Lipinski definition) is 3. The van der Waals surface area contributed by atoms with Gasteiger partial charge in [0.1, 0.15) is 0 Å². The maximum atomic E-state index is 10.9. The first-order valence-electron chi connectivity index (χ1n) is 5.25. The summed E-state index contributed by atoms with van der Waals surface area (Å²) >= 11 is 0. The van der Waals surface area contributed by atoms with Crippen molar-refractivity contribution in [2.24, 2.45) is 5.73 Å². The Bertz CT molecular complexity index is 375. The molecule has 5 nitrogen and oxygen atoms in total. The Labute approximate surface area is 94.0 Å². The maximum Gasteiger partial charge on any atom is 0.316 e. The second-order valence-corrected chi connectivity index (χ2v) is 3.64. The van der Waals surface area contributed by atoms with Crippen molar-refractivity contribution in [2.45, 2.75) is 6.10 Å². The van der Waals surface area contributed by atoms with Gasteiger partial charge in [-0.25, -0.2) is 4.79 Å². The van der Waals surface area contributed by atoms with Gasteiger partial charge in [0, 0.05) is 24.3 Å². The molecule has 0 spiro atoms. The van der Waals surface area contributed by atoms with Gasteiger partial charge in [-0.3, -0.25) is 0 Å². The van der Waals surface area contributed by atoms with E-state index in [0.29, 0.717) is 12.3 Å². The smallest absolute Gasteiger partial charge is 0.316 e. The maximum absolute atomic E-state index is 10.9. The van der Waals surface area contributed by atoms with Gasteiger partial charge in [-0.05, 0) is 6.07 Å². The highest BCUT2D eigenvalue weighted by atomic mass is 16.5. The van der Waals surface area contributed by atoms with E-state index in [1.54, 1.807) is 0 Å². The van der Waals surface area contributed by atoms with Crippen molar-refractivity contribution in [3.8, 4) is 0 Å². The molecule has 0 aromatic heterocycles. The van der Waals surface area contributed by atoms with Crippen molar-refractivity contribution in [1.29, 1.82) is 0 Å². The molecular weight excluding hydrogens is 206 g/mol. The first kappa shape index (κ1) is 10.9.